The van der Waals surface area contributed by atoms with E-state index in [1.165, 1.54) is 5.56 Å². The van der Waals surface area contributed by atoms with Gasteiger partial charge in [0.2, 0.25) is 10.0 Å². The Morgan fingerprint density at radius 2 is 2.04 bits per heavy atom. The number of hydrogen-bond donors (Lipinski definition) is 0. The molecule has 3 rings (SSSR count). The molecule has 0 amide bonds. The van der Waals surface area contributed by atoms with Crippen molar-refractivity contribution in [3.63, 3.8) is 0 Å². The van der Waals surface area contributed by atoms with Crippen molar-refractivity contribution in [3.8, 4) is 0 Å². The van der Waals surface area contributed by atoms with E-state index in [0.717, 1.165) is 26.1 Å². The topological polar surface area (TPSA) is 62.7 Å². The Bertz CT molecular complexity index is 623. The van der Waals surface area contributed by atoms with Gasteiger partial charge in [0.1, 0.15) is 0 Å². The van der Waals surface area contributed by atoms with E-state index in [9.17, 15) is 8.42 Å². The Balaban J connectivity index is 1.78. The van der Waals surface area contributed by atoms with Crippen LogP contribution in [0.1, 0.15) is 18.9 Å². The van der Waals surface area contributed by atoms with Crippen molar-refractivity contribution in [3.05, 3.63) is 30.1 Å². The molecule has 2 aliphatic heterocycles. The van der Waals surface area contributed by atoms with E-state index in [-0.39, 0.29) is 23.8 Å². The highest BCUT2D eigenvalue weighted by atomic mass is 32.2. The van der Waals surface area contributed by atoms with Gasteiger partial charge in [-0.25, -0.2) is 8.42 Å². The highest BCUT2D eigenvalue weighted by Crippen LogP contribution is 2.34. The van der Waals surface area contributed by atoms with Crippen LogP contribution in [0.4, 0.5) is 0 Å². The van der Waals surface area contributed by atoms with Gasteiger partial charge in [0.25, 0.3) is 0 Å². The van der Waals surface area contributed by atoms with Crippen LogP contribution < -0.4 is 0 Å². The summed E-state index contributed by atoms with van der Waals surface area (Å²) in [6.07, 6.45) is 4.51. The summed E-state index contributed by atoms with van der Waals surface area (Å²) in [5, 5.41) is 0. The Hall–Kier alpha value is -1.02. The number of piperidine rings is 1. The van der Waals surface area contributed by atoms with Gasteiger partial charge in [-0.15, -0.1) is 0 Å². The van der Waals surface area contributed by atoms with Crippen molar-refractivity contribution in [2.24, 2.45) is 5.92 Å². The minimum atomic E-state index is -3.16. The lowest BCUT2D eigenvalue weighted by Gasteiger charge is -2.39. The zero-order valence-corrected chi connectivity index (χ0v) is 14.6. The van der Waals surface area contributed by atoms with E-state index in [1.54, 1.807) is 30.7 Å². The van der Waals surface area contributed by atoms with Gasteiger partial charge in [-0.1, -0.05) is 0 Å². The van der Waals surface area contributed by atoms with E-state index in [4.69, 9.17) is 4.74 Å². The molecule has 128 valence electrons. The van der Waals surface area contributed by atoms with Crippen molar-refractivity contribution in [1.82, 2.24) is 14.2 Å². The fourth-order valence-corrected chi connectivity index (χ4v) is 5.23. The summed E-state index contributed by atoms with van der Waals surface area (Å²) in [6, 6.07) is 4.05. The molecule has 1 aromatic rings. The molecule has 7 heteroatoms. The number of aromatic nitrogens is 1. The first-order valence-electron chi connectivity index (χ1n) is 8.18. The predicted octanol–water partition coefficient (Wildman–Crippen LogP) is 0.952. The van der Waals surface area contributed by atoms with Crippen molar-refractivity contribution >= 4 is 10.0 Å². The molecule has 0 unspecified atom stereocenters. The first-order chi connectivity index (χ1) is 11.0. The van der Waals surface area contributed by atoms with Crippen LogP contribution in [0.2, 0.25) is 0 Å². The Labute approximate surface area is 138 Å². The van der Waals surface area contributed by atoms with Gasteiger partial charge in [0, 0.05) is 57.6 Å². The van der Waals surface area contributed by atoms with Gasteiger partial charge in [-0.3, -0.25) is 9.88 Å². The predicted molar refractivity (Wildman–Crippen MR) is 88.4 cm³/mol. The highest BCUT2D eigenvalue weighted by molar-refractivity contribution is 7.89. The van der Waals surface area contributed by atoms with Crippen LogP contribution in [-0.4, -0.2) is 67.2 Å². The molecule has 2 aliphatic rings. The second-order valence-corrected chi connectivity index (χ2v) is 8.57. The van der Waals surface area contributed by atoms with Crippen molar-refractivity contribution in [1.29, 1.82) is 0 Å². The molecule has 0 radical (unpaired) electrons. The molecule has 3 atom stereocenters. The molecule has 6 nitrogen and oxygen atoms in total. The lowest BCUT2D eigenvalue weighted by atomic mass is 9.91. The first kappa shape index (κ1) is 16.8. The summed E-state index contributed by atoms with van der Waals surface area (Å²) in [7, 11) is -1.43. The molecule has 0 spiro atoms. The molecule has 0 aromatic carbocycles. The smallest absolute Gasteiger partial charge is 0.214 e. The summed E-state index contributed by atoms with van der Waals surface area (Å²) in [5.74, 6) is 0.412. The number of likely N-dealkylation sites (tertiary alicyclic amines) is 1. The summed E-state index contributed by atoms with van der Waals surface area (Å²) in [5.41, 5.74) is 1.21. The normalized spacial score (nSPS) is 29.6. The second-order valence-electron chi connectivity index (χ2n) is 6.35. The molecule has 0 bridgehead atoms. The molecule has 2 saturated heterocycles. The standard InChI is InChI=1S/C16H25N3O3S/c1-3-23(20,21)19-9-6-16(22-2)14-11-18(12-15(14)19)10-13-4-7-17-8-5-13/h4-5,7-8,14-16H,3,6,9-12H2,1-2H3/t14-,15+,16-/m1/s1. The van der Waals surface area contributed by atoms with Gasteiger partial charge < -0.3 is 4.74 Å². The van der Waals surface area contributed by atoms with Gasteiger partial charge in [-0.05, 0) is 31.0 Å². The van der Waals surface area contributed by atoms with E-state index >= 15 is 0 Å². The Morgan fingerprint density at radius 3 is 2.70 bits per heavy atom. The van der Waals surface area contributed by atoms with Crippen LogP contribution in [0, 0.1) is 5.92 Å². The molecular weight excluding hydrogens is 314 g/mol. The SMILES string of the molecule is CCS(=O)(=O)N1CC[C@@H](OC)[C@@H]2CN(Cc3ccncc3)C[C@@H]21. The summed E-state index contributed by atoms with van der Waals surface area (Å²) >= 11 is 0. The maximum atomic E-state index is 12.4. The molecule has 0 saturated carbocycles. The molecule has 2 fully saturated rings. The largest absolute Gasteiger partial charge is 0.381 e. The minimum Gasteiger partial charge on any atom is -0.381 e. The van der Waals surface area contributed by atoms with Crippen LogP contribution in [0.5, 0.6) is 0 Å². The quantitative estimate of drug-likeness (QED) is 0.799. The molecular formula is C16H25N3O3S. The third-order valence-electron chi connectivity index (χ3n) is 5.07. The molecule has 3 heterocycles. The van der Waals surface area contributed by atoms with Crippen molar-refractivity contribution < 1.29 is 13.2 Å². The van der Waals surface area contributed by atoms with Gasteiger partial charge >= 0.3 is 0 Å². The summed E-state index contributed by atoms with van der Waals surface area (Å²) in [6.45, 7) is 4.76. The number of hydrogen-bond acceptors (Lipinski definition) is 5. The highest BCUT2D eigenvalue weighted by Gasteiger charge is 2.47. The third kappa shape index (κ3) is 3.42. The van der Waals surface area contributed by atoms with Crippen LogP contribution in [0.15, 0.2) is 24.5 Å². The van der Waals surface area contributed by atoms with Crippen molar-refractivity contribution in [2.45, 2.75) is 32.0 Å². The summed E-state index contributed by atoms with van der Waals surface area (Å²) in [4.78, 5) is 6.38. The maximum absolute atomic E-state index is 12.4. The number of pyridine rings is 1. The minimum absolute atomic E-state index is 0.0282. The zero-order valence-electron chi connectivity index (χ0n) is 13.8. The Morgan fingerprint density at radius 1 is 1.30 bits per heavy atom. The van der Waals surface area contributed by atoms with E-state index in [0.29, 0.717) is 6.54 Å². The fourth-order valence-electron chi connectivity index (χ4n) is 3.88. The number of nitrogens with zero attached hydrogens (tertiary/aromatic N) is 3. The van der Waals surface area contributed by atoms with Crippen LogP contribution in [0.3, 0.4) is 0 Å². The maximum Gasteiger partial charge on any atom is 0.214 e. The fraction of sp³-hybridized carbons (Fsp3) is 0.688. The molecule has 1 aromatic heterocycles. The number of rotatable bonds is 5. The zero-order chi connectivity index (χ0) is 16.4. The average molecular weight is 339 g/mol. The lowest BCUT2D eigenvalue weighted by molar-refractivity contribution is 0.00232. The molecule has 23 heavy (non-hydrogen) atoms. The van der Waals surface area contributed by atoms with Crippen molar-refractivity contribution in [2.75, 3.05) is 32.5 Å². The summed E-state index contributed by atoms with van der Waals surface area (Å²) < 4.78 is 32.2. The van der Waals surface area contributed by atoms with E-state index in [2.05, 4.69) is 9.88 Å². The number of methoxy groups -OCH3 is 1. The number of sulfonamides is 1. The number of fused-ring (bicyclic) bond motifs is 1. The first-order valence-corrected chi connectivity index (χ1v) is 9.79. The van der Waals surface area contributed by atoms with Crippen LogP contribution in [-0.2, 0) is 21.3 Å². The average Bonchev–Trinajstić information content (AvgIpc) is 2.98. The lowest BCUT2D eigenvalue weighted by Crippen LogP contribution is -2.53. The monoisotopic (exact) mass is 339 g/mol. The van der Waals surface area contributed by atoms with Gasteiger partial charge in [-0.2, -0.15) is 4.31 Å². The van der Waals surface area contributed by atoms with Gasteiger partial charge in [0.05, 0.1) is 11.9 Å². The second kappa shape index (κ2) is 6.84. The third-order valence-corrected chi connectivity index (χ3v) is 6.97. The van der Waals surface area contributed by atoms with E-state index in [1.807, 2.05) is 12.1 Å². The molecule has 0 aliphatic carbocycles. The molecule has 0 N–H and O–H groups in total. The van der Waals surface area contributed by atoms with Crippen LogP contribution in [0.25, 0.3) is 0 Å². The number of ether oxygens (including phenoxy) is 1. The van der Waals surface area contributed by atoms with E-state index < -0.39 is 10.0 Å². The Kier molecular flexibility index (Phi) is 5.01. The van der Waals surface area contributed by atoms with Gasteiger partial charge in [0.15, 0.2) is 0 Å². The van der Waals surface area contributed by atoms with Crippen LogP contribution >= 0.6 is 0 Å².